The van der Waals surface area contributed by atoms with Gasteiger partial charge in [-0.3, -0.25) is 4.79 Å². The zero-order valence-electron chi connectivity index (χ0n) is 16.3. The molecule has 0 unspecified atom stereocenters. The van der Waals surface area contributed by atoms with Crippen molar-refractivity contribution >= 4 is 15.9 Å². The van der Waals surface area contributed by atoms with E-state index in [1.165, 1.54) is 50.4 Å². The number of carbonyl (C=O) groups is 1. The van der Waals surface area contributed by atoms with Crippen LogP contribution >= 0.6 is 0 Å². The smallest absolute Gasteiger partial charge is 0.251 e. The van der Waals surface area contributed by atoms with E-state index >= 15 is 0 Å². The first-order chi connectivity index (χ1) is 13.4. The molecule has 1 aliphatic rings. The van der Waals surface area contributed by atoms with Gasteiger partial charge in [0.15, 0.2) is 11.8 Å². The third-order valence-corrected chi connectivity index (χ3v) is 7.07. The number of amides is 1. The summed E-state index contributed by atoms with van der Waals surface area (Å²) in [6.07, 6.45) is 5.28. The standard InChI is InChI=1S/C20H27N3O4S/c1-22(2)28(25,26)17-10-8-16(9-11-17)20(24)21-15-18(19-7-6-14-27-19)23-12-4-3-5-13-23/h6-11,14,18H,3-5,12-13,15H2,1-2H3,(H,21,24)/p+1/t18-/m1/s1. The van der Waals surface area contributed by atoms with E-state index in [1.807, 2.05) is 12.1 Å². The first-order valence-corrected chi connectivity index (χ1v) is 11.0. The van der Waals surface area contributed by atoms with Crippen molar-refractivity contribution in [3.05, 3.63) is 54.0 Å². The van der Waals surface area contributed by atoms with Gasteiger partial charge in [-0.2, -0.15) is 0 Å². The predicted octanol–water partition coefficient (Wildman–Crippen LogP) is 1.07. The van der Waals surface area contributed by atoms with Crippen LogP contribution in [0.25, 0.3) is 0 Å². The molecule has 28 heavy (non-hydrogen) atoms. The minimum absolute atomic E-state index is 0.0765. The molecule has 0 saturated carbocycles. The Morgan fingerprint density at radius 3 is 2.39 bits per heavy atom. The molecule has 152 valence electrons. The highest BCUT2D eigenvalue weighted by atomic mass is 32.2. The van der Waals surface area contributed by atoms with E-state index in [-0.39, 0.29) is 16.8 Å². The Morgan fingerprint density at radius 2 is 1.82 bits per heavy atom. The Labute approximate surface area is 166 Å². The summed E-state index contributed by atoms with van der Waals surface area (Å²) in [5.41, 5.74) is 0.435. The molecule has 8 heteroatoms. The van der Waals surface area contributed by atoms with Crippen molar-refractivity contribution in [1.82, 2.24) is 9.62 Å². The summed E-state index contributed by atoms with van der Waals surface area (Å²) >= 11 is 0. The van der Waals surface area contributed by atoms with Crippen LogP contribution in [0.1, 0.15) is 41.4 Å². The van der Waals surface area contributed by atoms with Gasteiger partial charge in [0.1, 0.15) is 0 Å². The molecule has 1 aromatic carbocycles. The molecule has 1 saturated heterocycles. The molecule has 0 radical (unpaired) electrons. The monoisotopic (exact) mass is 406 g/mol. The first kappa shape index (κ1) is 20.6. The maximum absolute atomic E-state index is 12.6. The molecule has 0 bridgehead atoms. The molecule has 2 heterocycles. The van der Waals surface area contributed by atoms with Crippen molar-refractivity contribution in [1.29, 1.82) is 0 Å². The number of rotatable bonds is 7. The second kappa shape index (κ2) is 8.89. The summed E-state index contributed by atoms with van der Waals surface area (Å²) in [7, 11) is -0.544. The molecule has 0 aliphatic carbocycles. The van der Waals surface area contributed by atoms with Crippen molar-refractivity contribution in [3.63, 3.8) is 0 Å². The van der Waals surface area contributed by atoms with Crippen LogP contribution in [-0.4, -0.2) is 52.4 Å². The highest BCUT2D eigenvalue weighted by Crippen LogP contribution is 2.15. The number of sulfonamides is 1. The van der Waals surface area contributed by atoms with E-state index in [4.69, 9.17) is 4.42 Å². The largest absolute Gasteiger partial charge is 0.463 e. The third-order valence-electron chi connectivity index (χ3n) is 5.24. The fourth-order valence-corrected chi connectivity index (χ4v) is 4.48. The molecular formula is C20H28N3O4S+. The van der Waals surface area contributed by atoms with E-state index < -0.39 is 10.0 Å². The number of hydrogen-bond donors (Lipinski definition) is 2. The van der Waals surface area contributed by atoms with Gasteiger partial charge in [-0.15, -0.1) is 0 Å². The fraction of sp³-hybridized carbons (Fsp3) is 0.450. The van der Waals surface area contributed by atoms with Crippen molar-refractivity contribution in [2.45, 2.75) is 30.2 Å². The van der Waals surface area contributed by atoms with E-state index in [9.17, 15) is 13.2 Å². The van der Waals surface area contributed by atoms with E-state index in [0.717, 1.165) is 23.2 Å². The summed E-state index contributed by atoms with van der Waals surface area (Å²) in [5, 5.41) is 2.99. The predicted molar refractivity (Wildman–Crippen MR) is 106 cm³/mol. The van der Waals surface area contributed by atoms with Crippen molar-refractivity contribution in [3.8, 4) is 0 Å². The molecular weight excluding hydrogens is 378 g/mol. The van der Waals surface area contributed by atoms with Gasteiger partial charge in [0.05, 0.1) is 30.8 Å². The van der Waals surface area contributed by atoms with Gasteiger partial charge in [0.2, 0.25) is 10.0 Å². The van der Waals surface area contributed by atoms with Crippen molar-refractivity contribution in [2.24, 2.45) is 0 Å². The number of nitrogens with zero attached hydrogens (tertiary/aromatic N) is 1. The van der Waals surface area contributed by atoms with Crippen LogP contribution in [0.3, 0.4) is 0 Å². The van der Waals surface area contributed by atoms with Crippen LogP contribution in [0.15, 0.2) is 52.0 Å². The van der Waals surface area contributed by atoms with Crippen molar-refractivity contribution in [2.75, 3.05) is 33.7 Å². The summed E-state index contributed by atoms with van der Waals surface area (Å²) in [6, 6.07) is 9.92. The minimum atomic E-state index is -3.50. The number of likely N-dealkylation sites (tertiary alicyclic amines) is 1. The van der Waals surface area contributed by atoms with Gasteiger partial charge in [0.25, 0.3) is 5.91 Å². The first-order valence-electron chi connectivity index (χ1n) is 9.58. The number of nitrogens with one attached hydrogen (secondary N) is 2. The molecule has 1 amide bonds. The normalized spacial score (nSPS) is 16.8. The number of furan rings is 1. The average molecular weight is 407 g/mol. The Kier molecular flexibility index (Phi) is 6.53. The van der Waals surface area contributed by atoms with E-state index in [0.29, 0.717) is 12.1 Å². The number of piperidine rings is 1. The van der Waals surface area contributed by atoms with Crippen LogP contribution in [0.5, 0.6) is 0 Å². The summed E-state index contributed by atoms with van der Waals surface area (Å²) in [6.45, 7) is 2.61. The Bertz CT molecular complexity index is 871. The Hall–Kier alpha value is -2.16. The number of carbonyl (C=O) groups excluding carboxylic acids is 1. The number of hydrogen-bond acceptors (Lipinski definition) is 4. The topological polar surface area (TPSA) is 84.1 Å². The zero-order chi connectivity index (χ0) is 20.1. The second-order valence-electron chi connectivity index (χ2n) is 7.31. The van der Waals surface area contributed by atoms with Crippen LogP contribution in [-0.2, 0) is 10.0 Å². The Morgan fingerprint density at radius 1 is 1.14 bits per heavy atom. The van der Waals surface area contributed by atoms with Gasteiger partial charge in [-0.05, 0) is 55.7 Å². The van der Waals surface area contributed by atoms with Gasteiger partial charge in [-0.1, -0.05) is 0 Å². The molecule has 1 aliphatic heterocycles. The van der Waals surface area contributed by atoms with Gasteiger partial charge < -0.3 is 14.6 Å². The molecule has 2 N–H and O–H groups in total. The van der Waals surface area contributed by atoms with Gasteiger partial charge >= 0.3 is 0 Å². The summed E-state index contributed by atoms with van der Waals surface area (Å²) in [5.74, 6) is 0.659. The van der Waals surface area contributed by atoms with Gasteiger partial charge in [-0.25, -0.2) is 12.7 Å². The van der Waals surface area contributed by atoms with Crippen molar-refractivity contribution < 1.29 is 22.5 Å². The molecule has 1 aromatic heterocycles. The van der Waals surface area contributed by atoms with Crippen LogP contribution in [0.2, 0.25) is 0 Å². The van der Waals surface area contributed by atoms with Crippen LogP contribution in [0.4, 0.5) is 0 Å². The minimum Gasteiger partial charge on any atom is -0.463 e. The third kappa shape index (κ3) is 4.63. The molecule has 7 nitrogen and oxygen atoms in total. The molecule has 0 spiro atoms. The number of benzene rings is 1. The zero-order valence-corrected chi connectivity index (χ0v) is 17.2. The number of quaternary nitrogens is 1. The lowest BCUT2D eigenvalue weighted by atomic mass is 10.1. The quantitative estimate of drug-likeness (QED) is 0.721. The maximum Gasteiger partial charge on any atom is 0.251 e. The molecule has 1 fully saturated rings. The summed E-state index contributed by atoms with van der Waals surface area (Å²) < 4.78 is 31.1. The summed E-state index contributed by atoms with van der Waals surface area (Å²) in [4.78, 5) is 14.2. The van der Waals surface area contributed by atoms with E-state index in [2.05, 4.69) is 5.32 Å². The lowest BCUT2D eigenvalue weighted by Crippen LogP contribution is -3.13. The molecule has 3 rings (SSSR count). The van der Waals surface area contributed by atoms with Crippen LogP contribution < -0.4 is 10.2 Å². The lowest BCUT2D eigenvalue weighted by Gasteiger charge is -2.30. The molecule has 2 aromatic rings. The highest BCUT2D eigenvalue weighted by molar-refractivity contribution is 7.89. The Balaban J connectivity index is 1.67. The highest BCUT2D eigenvalue weighted by Gasteiger charge is 2.28. The average Bonchev–Trinajstić information content (AvgIpc) is 3.23. The second-order valence-corrected chi connectivity index (χ2v) is 9.46. The maximum atomic E-state index is 12.6. The fourth-order valence-electron chi connectivity index (χ4n) is 3.58. The van der Waals surface area contributed by atoms with Crippen LogP contribution in [0, 0.1) is 0 Å². The van der Waals surface area contributed by atoms with E-state index in [1.54, 1.807) is 18.4 Å². The molecule has 1 atom stereocenters. The van der Waals surface area contributed by atoms with Gasteiger partial charge in [0, 0.05) is 19.7 Å². The lowest BCUT2D eigenvalue weighted by molar-refractivity contribution is -0.936. The SMILES string of the molecule is CN(C)S(=O)(=O)c1ccc(C(=O)NC[C@H](c2ccco2)[NH+]2CCCCC2)cc1.